The Balaban J connectivity index is 1.73. The van der Waals surface area contributed by atoms with Crippen LogP contribution in [0.15, 0.2) is 49.1 Å². The second-order valence-corrected chi connectivity index (χ2v) is 4.34. The summed E-state index contributed by atoms with van der Waals surface area (Å²) in [5.74, 6) is 0. The molecule has 0 atom stereocenters. The van der Waals surface area contributed by atoms with Crippen molar-refractivity contribution >= 4 is 5.69 Å². The molecule has 0 aliphatic rings. The number of tetrazole rings is 1. The van der Waals surface area contributed by atoms with E-state index in [9.17, 15) is 0 Å². The summed E-state index contributed by atoms with van der Waals surface area (Å²) < 4.78 is 3.67. The van der Waals surface area contributed by atoms with Crippen molar-refractivity contribution in [3.63, 3.8) is 0 Å². The maximum Gasteiger partial charge on any atom is 0.143 e. The summed E-state index contributed by atoms with van der Waals surface area (Å²) in [4.78, 5) is 0. The molecule has 2 aromatic heterocycles. The van der Waals surface area contributed by atoms with Gasteiger partial charge in [0.15, 0.2) is 0 Å². The van der Waals surface area contributed by atoms with Gasteiger partial charge in [0.05, 0.1) is 5.69 Å². The van der Waals surface area contributed by atoms with Gasteiger partial charge in [-0.25, -0.2) is 4.68 Å². The summed E-state index contributed by atoms with van der Waals surface area (Å²) in [5.41, 5.74) is 3.22. The van der Waals surface area contributed by atoms with Crippen LogP contribution in [0.5, 0.6) is 0 Å². The van der Waals surface area contributed by atoms with Crippen LogP contribution in [0, 0.1) is 0 Å². The molecule has 0 spiro atoms. The van der Waals surface area contributed by atoms with E-state index in [2.05, 4.69) is 33.1 Å². The van der Waals surface area contributed by atoms with E-state index in [0.29, 0.717) is 0 Å². The molecule has 0 saturated carbocycles. The third kappa shape index (κ3) is 2.62. The minimum atomic E-state index is 0.792. The summed E-state index contributed by atoms with van der Waals surface area (Å²) in [6.07, 6.45) is 5.71. The van der Waals surface area contributed by atoms with Gasteiger partial charge in [-0.05, 0) is 40.3 Å². The first-order valence-corrected chi connectivity index (χ1v) is 5.99. The lowest BCUT2D eigenvalue weighted by atomic mass is 10.2. The largest absolute Gasteiger partial charge is 0.381 e. The fraction of sp³-hybridized carbons (Fsp3) is 0.154. The van der Waals surface area contributed by atoms with Gasteiger partial charge in [-0.3, -0.25) is 0 Å². The zero-order valence-electron chi connectivity index (χ0n) is 10.6. The predicted octanol–water partition coefficient (Wildman–Crippen LogP) is 1.61. The highest BCUT2D eigenvalue weighted by Crippen LogP contribution is 2.14. The first kappa shape index (κ1) is 11.5. The van der Waals surface area contributed by atoms with Crippen molar-refractivity contribution in [2.45, 2.75) is 6.54 Å². The fourth-order valence-electron chi connectivity index (χ4n) is 1.91. The summed E-state index contributed by atoms with van der Waals surface area (Å²) in [7, 11) is 2.02. The molecule has 0 saturated heterocycles. The monoisotopic (exact) mass is 254 g/mol. The van der Waals surface area contributed by atoms with Crippen molar-refractivity contribution in [3.05, 3.63) is 54.6 Å². The highest BCUT2D eigenvalue weighted by atomic mass is 15.5. The van der Waals surface area contributed by atoms with Crippen molar-refractivity contribution in [3.8, 4) is 5.69 Å². The van der Waals surface area contributed by atoms with Crippen LogP contribution in [0.3, 0.4) is 0 Å². The first-order chi connectivity index (χ1) is 9.31. The van der Waals surface area contributed by atoms with Crippen molar-refractivity contribution < 1.29 is 0 Å². The normalized spacial score (nSPS) is 10.6. The molecule has 0 bridgehead atoms. The van der Waals surface area contributed by atoms with Gasteiger partial charge in [-0.2, -0.15) is 0 Å². The molecule has 0 amide bonds. The van der Waals surface area contributed by atoms with E-state index in [4.69, 9.17) is 0 Å². The van der Waals surface area contributed by atoms with E-state index < -0.39 is 0 Å². The smallest absolute Gasteiger partial charge is 0.143 e. The number of hydrogen-bond donors (Lipinski definition) is 1. The van der Waals surface area contributed by atoms with Crippen molar-refractivity contribution in [1.82, 2.24) is 24.8 Å². The summed E-state index contributed by atoms with van der Waals surface area (Å²) in [6.45, 7) is 0.792. The Bertz CT molecular complexity index is 655. The second kappa shape index (κ2) is 4.93. The maximum atomic E-state index is 3.87. The maximum absolute atomic E-state index is 3.87. The molecule has 2 heterocycles. The molecule has 1 aromatic carbocycles. The first-order valence-electron chi connectivity index (χ1n) is 5.99. The van der Waals surface area contributed by atoms with Crippen LogP contribution in [-0.4, -0.2) is 24.8 Å². The van der Waals surface area contributed by atoms with Gasteiger partial charge in [0.1, 0.15) is 6.33 Å². The average molecular weight is 254 g/mol. The Kier molecular flexibility index (Phi) is 2.97. The van der Waals surface area contributed by atoms with E-state index in [-0.39, 0.29) is 0 Å². The molecule has 0 aliphatic carbocycles. The second-order valence-electron chi connectivity index (χ2n) is 4.34. The van der Waals surface area contributed by atoms with E-state index >= 15 is 0 Å². The topological polar surface area (TPSA) is 60.6 Å². The number of aryl methyl sites for hydroxylation is 1. The zero-order chi connectivity index (χ0) is 13.1. The van der Waals surface area contributed by atoms with Crippen LogP contribution in [0.4, 0.5) is 5.69 Å². The van der Waals surface area contributed by atoms with Gasteiger partial charge >= 0.3 is 0 Å². The van der Waals surface area contributed by atoms with E-state index in [1.807, 2.05) is 42.1 Å². The Morgan fingerprint density at radius 2 is 2.21 bits per heavy atom. The fourth-order valence-corrected chi connectivity index (χ4v) is 1.91. The summed E-state index contributed by atoms with van der Waals surface area (Å²) >= 11 is 0. The van der Waals surface area contributed by atoms with Gasteiger partial charge in [0, 0.05) is 31.7 Å². The van der Waals surface area contributed by atoms with Crippen molar-refractivity contribution in [2.24, 2.45) is 7.05 Å². The van der Waals surface area contributed by atoms with Crippen LogP contribution in [0.2, 0.25) is 0 Å². The quantitative estimate of drug-likeness (QED) is 0.768. The number of aromatic nitrogens is 5. The molecule has 1 N–H and O–H groups in total. The minimum Gasteiger partial charge on any atom is -0.381 e. The van der Waals surface area contributed by atoms with Crippen LogP contribution in [0.25, 0.3) is 5.69 Å². The van der Waals surface area contributed by atoms with Gasteiger partial charge in [-0.1, -0.05) is 6.07 Å². The van der Waals surface area contributed by atoms with E-state index in [0.717, 1.165) is 17.9 Å². The number of hydrogen-bond acceptors (Lipinski definition) is 4. The number of nitrogens with one attached hydrogen (secondary N) is 1. The third-order valence-corrected chi connectivity index (χ3v) is 2.85. The zero-order valence-corrected chi connectivity index (χ0v) is 10.6. The lowest BCUT2D eigenvalue weighted by Crippen LogP contribution is -2.00. The Hall–Kier alpha value is -2.63. The van der Waals surface area contributed by atoms with Gasteiger partial charge in [0.25, 0.3) is 0 Å². The SMILES string of the molecule is Cn1ccc(CNc2cccc(-n3cnnn3)c2)c1. The van der Waals surface area contributed by atoms with Gasteiger partial charge in [0.2, 0.25) is 0 Å². The molecule has 0 aliphatic heterocycles. The van der Waals surface area contributed by atoms with Crippen LogP contribution in [-0.2, 0) is 13.6 Å². The molecule has 3 aromatic rings. The molecule has 3 rings (SSSR count). The number of rotatable bonds is 4. The molecule has 96 valence electrons. The van der Waals surface area contributed by atoms with E-state index in [1.165, 1.54) is 5.56 Å². The minimum absolute atomic E-state index is 0.792. The standard InChI is InChI=1S/C13H14N6/c1-18-6-5-11(9-18)8-14-12-3-2-4-13(7-12)19-10-15-16-17-19/h2-7,9-10,14H,8H2,1H3. The van der Waals surface area contributed by atoms with Crippen LogP contribution in [0.1, 0.15) is 5.56 Å². The Morgan fingerprint density at radius 3 is 2.95 bits per heavy atom. The molecule has 0 unspecified atom stereocenters. The lowest BCUT2D eigenvalue weighted by molar-refractivity contribution is 0.789. The van der Waals surface area contributed by atoms with Crippen LogP contribution >= 0.6 is 0 Å². The Morgan fingerprint density at radius 1 is 1.26 bits per heavy atom. The highest BCUT2D eigenvalue weighted by molar-refractivity contribution is 5.50. The van der Waals surface area contributed by atoms with Crippen molar-refractivity contribution in [2.75, 3.05) is 5.32 Å². The summed E-state index contributed by atoms with van der Waals surface area (Å²) in [6, 6.07) is 10.1. The number of nitrogens with zero attached hydrogens (tertiary/aromatic N) is 5. The highest BCUT2D eigenvalue weighted by Gasteiger charge is 2.00. The molecular formula is C13H14N6. The third-order valence-electron chi connectivity index (χ3n) is 2.85. The molecule has 19 heavy (non-hydrogen) atoms. The van der Waals surface area contributed by atoms with Gasteiger partial charge < -0.3 is 9.88 Å². The average Bonchev–Trinajstić information content (AvgIpc) is 3.08. The van der Waals surface area contributed by atoms with Gasteiger partial charge in [-0.15, -0.1) is 5.10 Å². The van der Waals surface area contributed by atoms with E-state index in [1.54, 1.807) is 11.0 Å². The van der Waals surface area contributed by atoms with Crippen molar-refractivity contribution in [1.29, 1.82) is 0 Å². The van der Waals surface area contributed by atoms with Crippen LogP contribution < -0.4 is 5.32 Å². The molecule has 6 nitrogen and oxygen atoms in total. The molecule has 6 heteroatoms. The predicted molar refractivity (Wildman–Crippen MR) is 71.9 cm³/mol. The number of anilines is 1. The molecule has 0 radical (unpaired) electrons. The Labute approximate surface area is 110 Å². The molecular weight excluding hydrogens is 240 g/mol. The lowest BCUT2D eigenvalue weighted by Gasteiger charge is -2.07. The molecule has 0 fully saturated rings. The summed E-state index contributed by atoms with van der Waals surface area (Å²) in [5, 5.41) is 14.5. The number of benzene rings is 1.